The average molecular weight is 267 g/mol. The van der Waals surface area contributed by atoms with Gasteiger partial charge in [0.2, 0.25) is 0 Å². The van der Waals surface area contributed by atoms with Gasteiger partial charge in [0.1, 0.15) is 0 Å². The molecule has 1 N–H and O–H groups in total. The summed E-state index contributed by atoms with van der Waals surface area (Å²) >= 11 is 0. The summed E-state index contributed by atoms with van der Waals surface area (Å²) in [6.45, 7) is 4.11. The fraction of sp³-hybridized carbons (Fsp3) is 0.294. The first-order chi connectivity index (χ1) is 9.46. The molecule has 1 aliphatic rings. The van der Waals surface area contributed by atoms with Gasteiger partial charge in [0.25, 0.3) is 5.56 Å². The number of ketones is 1. The minimum absolute atomic E-state index is 0.0821. The summed E-state index contributed by atoms with van der Waals surface area (Å²) in [5, 5.41) is 0. The minimum atomic E-state index is -0.125. The van der Waals surface area contributed by atoms with Crippen molar-refractivity contribution in [3.63, 3.8) is 0 Å². The molecule has 1 aliphatic carbocycles. The zero-order valence-electron chi connectivity index (χ0n) is 11.7. The SMILES string of the molecule is CC1(C)CC(=O)c2cc(-c3ccccc3)c(=O)[nH]c2C1. The zero-order valence-corrected chi connectivity index (χ0v) is 11.7. The number of H-pyrrole nitrogens is 1. The molecule has 0 fully saturated rings. The van der Waals surface area contributed by atoms with Crippen LogP contribution in [0.5, 0.6) is 0 Å². The number of aromatic amines is 1. The Morgan fingerprint density at radius 2 is 1.70 bits per heavy atom. The molecule has 3 rings (SSSR count). The maximum Gasteiger partial charge on any atom is 0.256 e. The molecule has 1 aromatic heterocycles. The van der Waals surface area contributed by atoms with E-state index in [1.807, 2.05) is 30.3 Å². The van der Waals surface area contributed by atoms with Gasteiger partial charge in [-0.3, -0.25) is 9.59 Å². The number of nitrogens with one attached hydrogen (secondary N) is 1. The summed E-state index contributed by atoms with van der Waals surface area (Å²) in [4.78, 5) is 27.4. The maximum absolute atomic E-state index is 12.3. The molecule has 0 saturated heterocycles. The van der Waals surface area contributed by atoms with Crippen molar-refractivity contribution in [3.8, 4) is 11.1 Å². The first kappa shape index (κ1) is 12.9. The molecule has 3 nitrogen and oxygen atoms in total. The monoisotopic (exact) mass is 267 g/mol. The molecule has 3 heteroatoms. The number of fused-ring (bicyclic) bond motifs is 1. The topological polar surface area (TPSA) is 49.9 Å². The average Bonchev–Trinajstić information content (AvgIpc) is 2.37. The summed E-state index contributed by atoms with van der Waals surface area (Å²) in [7, 11) is 0. The van der Waals surface area contributed by atoms with Gasteiger partial charge in [-0.2, -0.15) is 0 Å². The molecule has 0 bridgehead atoms. The Morgan fingerprint density at radius 1 is 1.00 bits per heavy atom. The number of benzene rings is 1. The van der Waals surface area contributed by atoms with Crippen molar-refractivity contribution in [3.05, 3.63) is 58.0 Å². The smallest absolute Gasteiger partial charge is 0.256 e. The number of hydrogen-bond donors (Lipinski definition) is 1. The first-order valence-electron chi connectivity index (χ1n) is 6.81. The number of carbonyl (C=O) groups is 1. The van der Waals surface area contributed by atoms with Crippen LogP contribution in [0.4, 0.5) is 0 Å². The second-order valence-corrected chi connectivity index (χ2v) is 6.21. The Kier molecular flexibility index (Phi) is 2.85. The third-order valence-electron chi connectivity index (χ3n) is 3.80. The van der Waals surface area contributed by atoms with E-state index >= 15 is 0 Å². The Labute approximate surface area is 117 Å². The van der Waals surface area contributed by atoms with E-state index in [0.717, 1.165) is 17.7 Å². The Balaban J connectivity index is 2.17. The van der Waals surface area contributed by atoms with Crippen molar-refractivity contribution in [2.45, 2.75) is 26.7 Å². The van der Waals surface area contributed by atoms with Crippen LogP contribution >= 0.6 is 0 Å². The lowest BCUT2D eigenvalue weighted by atomic mass is 9.75. The molecular formula is C17H17NO2. The van der Waals surface area contributed by atoms with Crippen LogP contribution in [0, 0.1) is 5.41 Å². The lowest BCUT2D eigenvalue weighted by molar-refractivity contribution is 0.0910. The van der Waals surface area contributed by atoms with E-state index in [-0.39, 0.29) is 16.8 Å². The van der Waals surface area contributed by atoms with Crippen molar-refractivity contribution in [2.75, 3.05) is 0 Å². The van der Waals surface area contributed by atoms with Gasteiger partial charge in [-0.15, -0.1) is 0 Å². The molecular weight excluding hydrogens is 250 g/mol. The molecule has 0 saturated carbocycles. The molecule has 0 spiro atoms. The second kappa shape index (κ2) is 4.44. The molecule has 102 valence electrons. The summed E-state index contributed by atoms with van der Waals surface area (Å²) in [5.41, 5.74) is 2.65. The summed E-state index contributed by atoms with van der Waals surface area (Å²) in [6.07, 6.45) is 1.26. The maximum atomic E-state index is 12.3. The molecule has 0 aliphatic heterocycles. The molecule has 20 heavy (non-hydrogen) atoms. The fourth-order valence-electron chi connectivity index (χ4n) is 2.86. The Morgan fingerprint density at radius 3 is 2.40 bits per heavy atom. The van der Waals surface area contributed by atoms with Crippen LogP contribution in [0.3, 0.4) is 0 Å². The standard InChI is InChI=1S/C17H17NO2/c1-17(2)9-14-13(15(19)10-17)8-12(16(20)18-14)11-6-4-3-5-7-11/h3-8H,9-10H2,1-2H3,(H,18,20). The van der Waals surface area contributed by atoms with Crippen LogP contribution in [0.15, 0.2) is 41.2 Å². The van der Waals surface area contributed by atoms with Crippen LogP contribution in [0.2, 0.25) is 0 Å². The predicted octanol–water partition coefficient (Wildman–Crippen LogP) is 3.20. The number of pyridine rings is 1. The lowest BCUT2D eigenvalue weighted by Gasteiger charge is -2.29. The number of carbonyl (C=O) groups excluding carboxylic acids is 1. The molecule has 0 unspecified atom stereocenters. The third kappa shape index (κ3) is 2.20. The lowest BCUT2D eigenvalue weighted by Crippen LogP contribution is -2.30. The van der Waals surface area contributed by atoms with E-state index in [1.165, 1.54) is 0 Å². The molecule has 0 atom stereocenters. The molecule has 0 radical (unpaired) electrons. The highest BCUT2D eigenvalue weighted by Crippen LogP contribution is 2.34. The van der Waals surface area contributed by atoms with Crippen LogP contribution in [-0.4, -0.2) is 10.8 Å². The Hall–Kier alpha value is -2.16. The Bertz CT molecular complexity index is 726. The molecule has 1 heterocycles. The quantitative estimate of drug-likeness (QED) is 0.862. The van der Waals surface area contributed by atoms with Gasteiger partial charge < -0.3 is 4.98 Å². The van der Waals surface area contributed by atoms with Crippen LogP contribution < -0.4 is 5.56 Å². The van der Waals surface area contributed by atoms with Gasteiger partial charge in [-0.05, 0) is 23.5 Å². The zero-order chi connectivity index (χ0) is 14.3. The summed E-state index contributed by atoms with van der Waals surface area (Å²) in [5.74, 6) is 0.115. The van der Waals surface area contributed by atoms with E-state index in [1.54, 1.807) is 6.07 Å². The second-order valence-electron chi connectivity index (χ2n) is 6.21. The van der Waals surface area contributed by atoms with Crippen molar-refractivity contribution in [2.24, 2.45) is 5.41 Å². The molecule has 1 aromatic carbocycles. The van der Waals surface area contributed by atoms with Crippen molar-refractivity contribution in [1.29, 1.82) is 0 Å². The van der Waals surface area contributed by atoms with E-state index in [0.29, 0.717) is 17.5 Å². The van der Waals surface area contributed by atoms with Gasteiger partial charge in [0.15, 0.2) is 5.78 Å². The van der Waals surface area contributed by atoms with Crippen LogP contribution in [-0.2, 0) is 6.42 Å². The highest BCUT2D eigenvalue weighted by atomic mass is 16.1. The number of rotatable bonds is 1. The van der Waals surface area contributed by atoms with E-state index in [9.17, 15) is 9.59 Å². The number of Topliss-reactive ketones (excluding diaryl/α,β-unsaturated/α-hetero) is 1. The van der Waals surface area contributed by atoms with Gasteiger partial charge >= 0.3 is 0 Å². The highest BCUT2D eigenvalue weighted by molar-refractivity contribution is 5.99. The van der Waals surface area contributed by atoms with E-state index < -0.39 is 0 Å². The van der Waals surface area contributed by atoms with Gasteiger partial charge in [-0.1, -0.05) is 44.2 Å². The largest absolute Gasteiger partial charge is 0.325 e. The summed E-state index contributed by atoms with van der Waals surface area (Å²) in [6, 6.07) is 11.2. The highest BCUT2D eigenvalue weighted by Gasteiger charge is 2.32. The van der Waals surface area contributed by atoms with Crippen molar-refractivity contribution in [1.82, 2.24) is 4.98 Å². The normalized spacial score (nSPS) is 16.8. The van der Waals surface area contributed by atoms with Crippen LogP contribution in [0.1, 0.15) is 36.3 Å². The van der Waals surface area contributed by atoms with Gasteiger partial charge in [0, 0.05) is 23.2 Å². The number of aromatic nitrogens is 1. The van der Waals surface area contributed by atoms with E-state index in [2.05, 4.69) is 18.8 Å². The van der Waals surface area contributed by atoms with E-state index in [4.69, 9.17) is 0 Å². The fourth-order valence-corrected chi connectivity index (χ4v) is 2.86. The molecule has 0 amide bonds. The van der Waals surface area contributed by atoms with Crippen molar-refractivity contribution >= 4 is 5.78 Å². The van der Waals surface area contributed by atoms with Gasteiger partial charge in [0.05, 0.1) is 0 Å². The number of hydrogen-bond acceptors (Lipinski definition) is 2. The third-order valence-corrected chi connectivity index (χ3v) is 3.80. The minimum Gasteiger partial charge on any atom is -0.325 e. The van der Waals surface area contributed by atoms with Crippen molar-refractivity contribution < 1.29 is 4.79 Å². The molecule has 2 aromatic rings. The summed E-state index contributed by atoms with van der Waals surface area (Å²) < 4.78 is 0. The van der Waals surface area contributed by atoms with Crippen LogP contribution in [0.25, 0.3) is 11.1 Å². The predicted molar refractivity (Wildman–Crippen MR) is 78.9 cm³/mol. The van der Waals surface area contributed by atoms with Gasteiger partial charge in [-0.25, -0.2) is 0 Å². The first-order valence-corrected chi connectivity index (χ1v) is 6.81.